The Hall–Kier alpha value is -1.11. The van der Waals surface area contributed by atoms with Crippen molar-refractivity contribution in [1.82, 2.24) is 0 Å². The van der Waals surface area contributed by atoms with Crippen molar-refractivity contribution >= 4 is 6.21 Å². The molecule has 0 heterocycles. The van der Waals surface area contributed by atoms with Crippen LogP contribution < -0.4 is 0 Å². The largest absolute Gasteiger partial charge is 0.296 e. The summed E-state index contributed by atoms with van der Waals surface area (Å²) >= 11 is 0. The Kier molecular flexibility index (Phi) is 3.03. The van der Waals surface area contributed by atoms with Crippen molar-refractivity contribution in [2.45, 2.75) is 20.3 Å². The Morgan fingerprint density at radius 3 is 2.75 bits per heavy atom. The fraction of sp³-hybridized carbons (Fsp3) is 0.364. The van der Waals surface area contributed by atoms with Crippen molar-refractivity contribution < 1.29 is 0 Å². The highest BCUT2D eigenvalue weighted by Gasteiger charge is 1.99. The van der Waals surface area contributed by atoms with Crippen LogP contribution in [0.1, 0.15) is 23.6 Å². The van der Waals surface area contributed by atoms with Crippen molar-refractivity contribution in [3.05, 3.63) is 34.9 Å². The van der Waals surface area contributed by atoms with Gasteiger partial charge in [0.05, 0.1) is 0 Å². The van der Waals surface area contributed by atoms with Gasteiger partial charge in [0.25, 0.3) is 0 Å². The van der Waals surface area contributed by atoms with E-state index in [1.165, 1.54) is 16.7 Å². The average Bonchev–Trinajstić information content (AvgIpc) is 2.05. The summed E-state index contributed by atoms with van der Waals surface area (Å²) in [4.78, 5) is 4.03. The van der Waals surface area contributed by atoms with Crippen LogP contribution in [-0.2, 0) is 6.42 Å². The first-order valence-corrected chi connectivity index (χ1v) is 4.30. The number of rotatable bonds is 2. The lowest BCUT2D eigenvalue weighted by molar-refractivity contribution is 1.10. The minimum atomic E-state index is 1.08. The molecule has 0 spiro atoms. The third-order valence-corrected chi connectivity index (χ3v) is 2.07. The molecule has 0 unspecified atom stereocenters. The van der Waals surface area contributed by atoms with Crippen LogP contribution in [0.15, 0.2) is 23.2 Å². The zero-order chi connectivity index (χ0) is 8.97. The van der Waals surface area contributed by atoms with E-state index in [1.807, 2.05) is 13.3 Å². The normalized spacial score (nSPS) is 10.9. The number of hydrogen-bond donors (Lipinski definition) is 0. The van der Waals surface area contributed by atoms with Gasteiger partial charge in [0.2, 0.25) is 0 Å². The summed E-state index contributed by atoms with van der Waals surface area (Å²) in [6.45, 7) is 4.32. The Bertz CT molecular complexity index is 287. The van der Waals surface area contributed by atoms with Gasteiger partial charge in [-0.2, -0.15) is 0 Å². The average molecular weight is 161 g/mol. The van der Waals surface area contributed by atoms with Gasteiger partial charge in [-0.1, -0.05) is 25.1 Å². The number of aliphatic imine (C=N–C) groups is 1. The van der Waals surface area contributed by atoms with Crippen LogP contribution in [0.4, 0.5) is 0 Å². The molecular weight excluding hydrogens is 146 g/mol. The molecule has 0 aliphatic carbocycles. The van der Waals surface area contributed by atoms with Crippen LogP contribution in [0.3, 0.4) is 0 Å². The number of nitrogens with zero attached hydrogens (tertiary/aromatic N) is 1. The van der Waals surface area contributed by atoms with Crippen LogP contribution in [0, 0.1) is 6.92 Å². The van der Waals surface area contributed by atoms with Gasteiger partial charge in [0.1, 0.15) is 0 Å². The third-order valence-electron chi connectivity index (χ3n) is 2.07. The lowest BCUT2D eigenvalue weighted by Crippen LogP contribution is -1.94. The van der Waals surface area contributed by atoms with Crippen LogP contribution in [0.5, 0.6) is 0 Å². The summed E-state index contributed by atoms with van der Waals surface area (Å²) in [5, 5.41) is 0. The SMILES string of the molecule is CCc1c(C)cccc1C=NC. The van der Waals surface area contributed by atoms with Gasteiger partial charge in [0, 0.05) is 13.3 Å². The van der Waals surface area contributed by atoms with Crippen LogP contribution >= 0.6 is 0 Å². The predicted octanol–water partition coefficient (Wildman–Crippen LogP) is 2.61. The molecular formula is C11H15N. The molecule has 1 aromatic carbocycles. The van der Waals surface area contributed by atoms with Crippen LogP contribution in [0.2, 0.25) is 0 Å². The maximum Gasteiger partial charge on any atom is 0.0284 e. The molecule has 0 N–H and O–H groups in total. The molecule has 0 aromatic heterocycles. The second-order valence-electron chi connectivity index (χ2n) is 2.88. The monoisotopic (exact) mass is 161 g/mol. The molecule has 64 valence electrons. The van der Waals surface area contributed by atoms with Gasteiger partial charge >= 0.3 is 0 Å². The molecule has 0 amide bonds. The van der Waals surface area contributed by atoms with E-state index in [-0.39, 0.29) is 0 Å². The summed E-state index contributed by atoms with van der Waals surface area (Å²) < 4.78 is 0. The van der Waals surface area contributed by atoms with E-state index in [1.54, 1.807) is 0 Å². The molecule has 1 aromatic rings. The second-order valence-corrected chi connectivity index (χ2v) is 2.88. The molecule has 0 fully saturated rings. The summed E-state index contributed by atoms with van der Waals surface area (Å²) in [5.41, 5.74) is 4.01. The Labute approximate surface area is 74.2 Å². The predicted molar refractivity (Wildman–Crippen MR) is 54.1 cm³/mol. The van der Waals surface area contributed by atoms with E-state index in [0.29, 0.717) is 0 Å². The van der Waals surface area contributed by atoms with Crippen LogP contribution in [0.25, 0.3) is 0 Å². The molecule has 0 saturated heterocycles. The maximum absolute atomic E-state index is 4.03. The van der Waals surface area contributed by atoms with Crippen LogP contribution in [-0.4, -0.2) is 13.3 Å². The molecule has 0 radical (unpaired) electrons. The molecule has 0 saturated carbocycles. The zero-order valence-electron chi connectivity index (χ0n) is 7.96. The van der Waals surface area contributed by atoms with E-state index in [9.17, 15) is 0 Å². The fourth-order valence-electron chi connectivity index (χ4n) is 1.47. The molecule has 1 heteroatoms. The van der Waals surface area contributed by atoms with Gasteiger partial charge in [-0.25, -0.2) is 0 Å². The topological polar surface area (TPSA) is 12.4 Å². The lowest BCUT2D eigenvalue weighted by Gasteiger charge is -2.05. The molecule has 12 heavy (non-hydrogen) atoms. The van der Waals surface area contributed by atoms with Crippen molar-refractivity contribution in [2.24, 2.45) is 4.99 Å². The number of benzene rings is 1. The minimum Gasteiger partial charge on any atom is -0.296 e. The molecule has 0 aliphatic heterocycles. The highest BCUT2D eigenvalue weighted by Crippen LogP contribution is 2.12. The van der Waals surface area contributed by atoms with Gasteiger partial charge in [-0.05, 0) is 30.0 Å². The Balaban J connectivity index is 3.18. The first-order valence-electron chi connectivity index (χ1n) is 4.30. The molecule has 1 rings (SSSR count). The van der Waals surface area contributed by atoms with Crippen molar-refractivity contribution in [3.63, 3.8) is 0 Å². The lowest BCUT2D eigenvalue weighted by atomic mass is 10.0. The van der Waals surface area contributed by atoms with E-state index < -0.39 is 0 Å². The minimum absolute atomic E-state index is 1.08. The van der Waals surface area contributed by atoms with E-state index in [0.717, 1.165) is 6.42 Å². The smallest absolute Gasteiger partial charge is 0.0284 e. The second kappa shape index (κ2) is 4.05. The third kappa shape index (κ3) is 1.73. The van der Waals surface area contributed by atoms with Gasteiger partial charge in [-0.15, -0.1) is 0 Å². The van der Waals surface area contributed by atoms with Crippen molar-refractivity contribution in [3.8, 4) is 0 Å². The quantitative estimate of drug-likeness (QED) is 0.591. The Morgan fingerprint density at radius 1 is 1.42 bits per heavy atom. The van der Waals surface area contributed by atoms with Gasteiger partial charge < -0.3 is 0 Å². The molecule has 0 atom stereocenters. The first-order chi connectivity index (χ1) is 5.79. The van der Waals surface area contributed by atoms with Crippen molar-refractivity contribution in [2.75, 3.05) is 7.05 Å². The highest BCUT2D eigenvalue weighted by molar-refractivity contribution is 5.82. The van der Waals surface area contributed by atoms with Gasteiger partial charge in [0.15, 0.2) is 0 Å². The highest BCUT2D eigenvalue weighted by atomic mass is 14.6. The summed E-state index contributed by atoms with van der Waals surface area (Å²) in [7, 11) is 1.81. The number of hydrogen-bond acceptors (Lipinski definition) is 1. The standard InChI is InChI=1S/C11H15N/c1-4-11-9(2)6-5-7-10(11)8-12-3/h5-8H,4H2,1-3H3. The number of aryl methyl sites for hydroxylation is 1. The zero-order valence-corrected chi connectivity index (χ0v) is 7.96. The van der Waals surface area contributed by atoms with E-state index >= 15 is 0 Å². The molecule has 0 aliphatic rings. The van der Waals surface area contributed by atoms with Gasteiger partial charge in [-0.3, -0.25) is 4.99 Å². The summed E-state index contributed by atoms with van der Waals surface area (Å²) in [6.07, 6.45) is 3.00. The summed E-state index contributed by atoms with van der Waals surface area (Å²) in [5.74, 6) is 0. The molecule has 1 nitrogen and oxygen atoms in total. The van der Waals surface area contributed by atoms with Crippen molar-refractivity contribution in [1.29, 1.82) is 0 Å². The fourth-order valence-corrected chi connectivity index (χ4v) is 1.47. The first kappa shape index (κ1) is 8.98. The Morgan fingerprint density at radius 2 is 2.17 bits per heavy atom. The van der Waals surface area contributed by atoms with E-state index in [2.05, 4.69) is 37.0 Å². The van der Waals surface area contributed by atoms with E-state index in [4.69, 9.17) is 0 Å². The molecule has 0 bridgehead atoms. The maximum atomic E-state index is 4.03. The summed E-state index contributed by atoms with van der Waals surface area (Å²) in [6, 6.07) is 6.33.